The highest BCUT2D eigenvalue weighted by atomic mass is 16.5. The smallest absolute Gasteiger partial charge is 0.224 e. The van der Waals surface area contributed by atoms with Crippen molar-refractivity contribution in [2.24, 2.45) is 11.1 Å². The van der Waals surface area contributed by atoms with Crippen LogP contribution in [0.1, 0.15) is 60.2 Å². The third kappa shape index (κ3) is 5.48. The second-order valence-electron chi connectivity index (χ2n) is 10.7. The van der Waals surface area contributed by atoms with Gasteiger partial charge in [-0.05, 0) is 66.8 Å². The Labute approximate surface area is 226 Å². The molecule has 38 heavy (non-hydrogen) atoms. The molecule has 0 spiro atoms. The third-order valence-electron chi connectivity index (χ3n) is 7.78. The molecular formula is C31H41N5O2. The van der Waals surface area contributed by atoms with Crippen LogP contribution in [-0.2, 0) is 17.9 Å². The number of pyridine rings is 1. The molecule has 0 saturated carbocycles. The Morgan fingerprint density at radius 2 is 2.00 bits per heavy atom. The molecule has 1 aliphatic heterocycles. The lowest BCUT2D eigenvalue weighted by molar-refractivity contribution is -0.126. The summed E-state index contributed by atoms with van der Waals surface area (Å²) in [6, 6.07) is 14.7. The second-order valence-corrected chi connectivity index (χ2v) is 10.7. The number of nitrogens with one attached hydrogen (secondary N) is 2. The molecule has 1 aliphatic rings. The summed E-state index contributed by atoms with van der Waals surface area (Å²) in [5.41, 5.74) is 14.0. The molecule has 3 aromatic rings. The van der Waals surface area contributed by atoms with Crippen molar-refractivity contribution >= 4 is 17.3 Å². The lowest BCUT2D eigenvalue weighted by atomic mass is 9.69. The quantitative estimate of drug-likeness (QED) is 0.362. The molecular weight excluding hydrogens is 474 g/mol. The maximum Gasteiger partial charge on any atom is 0.224 e. The minimum absolute atomic E-state index is 0.211. The summed E-state index contributed by atoms with van der Waals surface area (Å²) in [4.78, 5) is 19.8. The Morgan fingerprint density at radius 3 is 2.71 bits per heavy atom. The summed E-state index contributed by atoms with van der Waals surface area (Å²) < 4.78 is 5.93. The number of hydrogen-bond donors (Lipinski definition) is 3. The number of nitrogens with zero attached hydrogens (tertiary/aromatic N) is 2. The molecule has 7 heteroatoms. The van der Waals surface area contributed by atoms with E-state index in [1.165, 1.54) is 11.1 Å². The Kier molecular flexibility index (Phi) is 8.26. The van der Waals surface area contributed by atoms with Crippen molar-refractivity contribution in [3.8, 4) is 5.75 Å². The molecule has 2 aromatic carbocycles. The molecule has 0 fully saturated rings. The van der Waals surface area contributed by atoms with Gasteiger partial charge < -0.3 is 21.1 Å². The van der Waals surface area contributed by atoms with Crippen molar-refractivity contribution in [2.45, 2.75) is 53.6 Å². The average Bonchev–Trinajstić information content (AvgIpc) is 3.09. The maximum atomic E-state index is 12.8. The Bertz CT molecular complexity index is 1300. The number of ether oxygens (including phenoxy) is 1. The number of amides is 1. The van der Waals surface area contributed by atoms with E-state index in [-0.39, 0.29) is 11.8 Å². The highest BCUT2D eigenvalue weighted by molar-refractivity contribution is 5.83. The number of nitrogens with two attached hydrogens (primary N) is 1. The van der Waals surface area contributed by atoms with Gasteiger partial charge in [-0.25, -0.2) is 0 Å². The van der Waals surface area contributed by atoms with Gasteiger partial charge in [0.25, 0.3) is 0 Å². The Morgan fingerprint density at radius 1 is 1.21 bits per heavy atom. The first-order valence-electron chi connectivity index (χ1n) is 13.4. The fourth-order valence-corrected chi connectivity index (χ4v) is 5.49. The number of benzene rings is 2. The first kappa shape index (κ1) is 27.5. The van der Waals surface area contributed by atoms with E-state index in [1.54, 1.807) is 0 Å². The zero-order valence-corrected chi connectivity index (χ0v) is 23.5. The number of carbonyl (C=O) groups excluding carboxylic acids is 1. The monoisotopic (exact) mass is 515 g/mol. The molecule has 4 rings (SSSR count). The number of aromatic nitrogens is 1. The van der Waals surface area contributed by atoms with E-state index >= 15 is 0 Å². The molecule has 4 N–H and O–H groups in total. The molecule has 0 aliphatic carbocycles. The Hall–Kier alpha value is -3.58. The van der Waals surface area contributed by atoms with Gasteiger partial charge >= 0.3 is 0 Å². The number of aryl methyl sites for hydroxylation is 1. The van der Waals surface area contributed by atoms with Crippen molar-refractivity contribution in [3.05, 3.63) is 82.2 Å². The van der Waals surface area contributed by atoms with Crippen LogP contribution in [0.25, 0.3) is 0 Å². The highest BCUT2D eigenvalue weighted by Crippen LogP contribution is 2.45. The largest absolute Gasteiger partial charge is 0.490 e. The average molecular weight is 516 g/mol. The van der Waals surface area contributed by atoms with E-state index in [2.05, 4.69) is 71.6 Å². The van der Waals surface area contributed by atoms with Crippen LogP contribution in [-0.4, -0.2) is 42.5 Å². The molecule has 202 valence electrons. The van der Waals surface area contributed by atoms with Crippen molar-refractivity contribution in [1.29, 1.82) is 0 Å². The van der Waals surface area contributed by atoms with Gasteiger partial charge in [-0.2, -0.15) is 0 Å². The summed E-state index contributed by atoms with van der Waals surface area (Å²) in [7, 11) is 1.93. The zero-order valence-electron chi connectivity index (χ0n) is 23.5. The van der Waals surface area contributed by atoms with Gasteiger partial charge in [0.2, 0.25) is 5.91 Å². The zero-order chi connectivity index (χ0) is 27.4. The first-order valence-corrected chi connectivity index (χ1v) is 13.4. The van der Waals surface area contributed by atoms with Gasteiger partial charge in [-0.1, -0.05) is 38.1 Å². The van der Waals surface area contributed by atoms with E-state index in [1.807, 2.05) is 39.2 Å². The first-order chi connectivity index (χ1) is 18.2. The summed E-state index contributed by atoms with van der Waals surface area (Å²) in [5, 5.41) is 6.80. The lowest BCUT2D eigenvalue weighted by Gasteiger charge is -2.35. The van der Waals surface area contributed by atoms with Crippen LogP contribution in [0.4, 0.5) is 11.4 Å². The van der Waals surface area contributed by atoms with Crippen LogP contribution in [0.15, 0.2) is 48.7 Å². The lowest BCUT2D eigenvalue weighted by Crippen LogP contribution is -2.38. The van der Waals surface area contributed by atoms with Crippen molar-refractivity contribution in [1.82, 2.24) is 9.88 Å². The van der Waals surface area contributed by atoms with E-state index < -0.39 is 5.41 Å². The summed E-state index contributed by atoms with van der Waals surface area (Å²) in [5.74, 6) is 0.329. The molecule has 0 radical (unpaired) electrons. The predicted molar refractivity (Wildman–Crippen MR) is 155 cm³/mol. The van der Waals surface area contributed by atoms with Gasteiger partial charge in [0.05, 0.1) is 22.5 Å². The van der Waals surface area contributed by atoms with Crippen LogP contribution in [0.5, 0.6) is 5.75 Å². The minimum Gasteiger partial charge on any atom is -0.490 e. The van der Waals surface area contributed by atoms with Crippen LogP contribution < -0.4 is 21.1 Å². The fourth-order valence-electron chi connectivity index (χ4n) is 5.49. The minimum atomic E-state index is -0.804. The van der Waals surface area contributed by atoms with E-state index in [4.69, 9.17) is 10.5 Å². The van der Waals surface area contributed by atoms with Crippen molar-refractivity contribution in [2.75, 3.05) is 37.4 Å². The molecule has 7 nitrogen and oxygen atoms in total. The molecule has 1 unspecified atom stereocenters. The summed E-state index contributed by atoms with van der Waals surface area (Å²) in [6.07, 6.45) is 1.82. The number of primary amides is 1. The topological polar surface area (TPSA) is 92.5 Å². The standard InChI is InChI=1S/C31H41N5O2/c1-7-34-25-13-12-24(21(3)29(25)33-6)28(31(4,5)30(32)37)22-11-10-20(2)23(17-22)18-36-15-16-38-27-9-8-14-35-26(27)19-36/h8-14,17,28,33-34H,7,15-16,18-19H2,1-6H3,(H2,32,37). The van der Waals surface area contributed by atoms with Gasteiger partial charge in [0.1, 0.15) is 12.4 Å². The molecule has 1 atom stereocenters. The van der Waals surface area contributed by atoms with Crippen molar-refractivity contribution < 1.29 is 9.53 Å². The molecule has 2 heterocycles. The van der Waals surface area contributed by atoms with E-state index in [9.17, 15) is 4.79 Å². The molecule has 0 saturated heterocycles. The molecule has 0 bridgehead atoms. The highest BCUT2D eigenvalue weighted by Gasteiger charge is 2.39. The number of rotatable bonds is 9. The van der Waals surface area contributed by atoms with Crippen LogP contribution in [0.3, 0.4) is 0 Å². The summed E-state index contributed by atoms with van der Waals surface area (Å²) in [6.45, 7) is 14.0. The summed E-state index contributed by atoms with van der Waals surface area (Å²) >= 11 is 0. The van der Waals surface area contributed by atoms with E-state index in [0.29, 0.717) is 6.61 Å². The normalized spacial score (nSPS) is 14.7. The predicted octanol–water partition coefficient (Wildman–Crippen LogP) is 5.21. The maximum absolute atomic E-state index is 12.8. The second kappa shape index (κ2) is 11.4. The third-order valence-corrected chi connectivity index (χ3v) is 7.78. The number of hydrogen-bond acceptors (Lipinski definition) is 6. The number of fused-ring (bicyclic) bond motifs is 1. The van der Waals surface area contributed by atoms with Crippen LogP contribution in [0.2, 0.25) is 0 Å². The SMILES string of the molecule is CCNc1ccc(C(c2ccc(C)c(CN3CCOc4cccnc4C3)c2)C(C)(C)C(N)=O)c(C)c1NC. The van der Waals surface area contributed by atoms with E-state index in [0.717, 1.165) is 65.7 Å². The van der Waals surface area contributed by atoms with Gasteiger partial charge in [0, 0.05) is 45.3 Å². The van der Waals surface area contributed by atoms with Gasteiger partial charge in [0.15, 0.2) is 0 Å². The fraction of sp³-hybridized carbons (Fsp3) is 0.419. The van der Waals surface area contributed by atoms with Crippen LogP contribution >= 0.6 is 0 Å². The number of carbonyl (C=O) groups is 1. The molecule has 1 amide bonds. The number of anilines is 2. The molecule has 1 aromatic heterocycles. The van der Waals surface area contributed by atoms with Gasteiger partial charge in [-0.15, -0.1) is 0 Å². The van der Waals surface area contributed by atoms with Gasteiger partial charge in [-0.3, -0.25) is 14.7 Å². The van der Waals surface area contributed by atoms with Crippen LogP contribution in [0, 0.1) is 19.3 Å². The van der Waals surface area contributed by atoms with Crippen molar-refractivity contribution in [3.63, 3.8) is 0 Å². The Balaban J connectivity index is 1.75.